The van der Waals surface area contributed by atoms with Gasteiger partial charge in [-0.05, 0) is 18.8 Å². The number of carbonyl (C=O) groups is 2. The van der Waals surface area contributed by atoms with Crippen molar-refractivity contribution in [1.82, 2.24) is 10.2 Å². The SMILES string of the molecule is CC(C)[C@@H](NC(=O)N(C)C1CCCCCC1)C(=O)O. The Morgan fingerprint density at radius 1 is 1.16 bits per heavy atom. The van der Waals surface area contributed by atoms with E-state index in [1.54, 1.807) is 25.8 Å². The van der Waals surface area contributed by atoms with Gasteiger partial charge in [-0.25, -0.2) is 9.59 Å². The molecule has 0 saturated heterocycles. The second-order valence-corrected chi connectivity index (χ2v) is 5.77. The Hall–Kier alpha value is -1.26. The summed E-state index contributed by atoms with van der Waals surface area (Å²) in [5, 5.41) is 11.7. The lowest BCUT2D eigenvalue weighted by molar-refractivity contribution is -0.140. The number of aliphatic carboxylic acids is 1. The zero-order chi connectivity index (χ0) is 14.4. The van der Waals surface area contributed by atoms with E-state index in [-0.39, 0.29) is 18.0 Å². The van der Waals surface area contributed by atoms with Crippen LogP contribution in [0.5, 0.6) is 0 Å². The van der Waals surface area contributed by atoms with Crippen molar-refractivity contribution in [1.29, 1.82) is 0 Å². The molecule has 1 aliphatic rings. The lowest BCUT2D eigenvalue weighted by atomic mass is 10.0. The number of hydrogen-bond acceptors (Lipinski definition) is 2. The molecular weight excluding hydrogens is 244 g/mol. The molecule has 1 atom stereocenters. The lowest BCUT2D eigenvalue weighted by Crippen LogP contribution is -2.51. The molecule has 1 rings (SSSR count). The highest BCUT2D eigenvalue weighted by Gasteiger charge is 2.27. The molecule has 1 fully saturated rings. The molecule has 0 bridgehead atoms. The Morgan fingerprint density at radius 3 is 2.11 bits per heavy atom. The van der Waals surface area contributed by atoms with E-state index in [1.807, 2.05) is 0 Å². The molecule has 0 aromatic rings. The molecule has 0 aliphatic heterocycles. The molecule has 0 aromatic carbocycles. The molecule has 0 aromatic heterocycles. The van der Waals surface area contributed by atoms with Crippen molar-refractivity contribution in [3.63, 3.8) is 0 Å². The largest absolute Gasteiger partial charge is 0.480 e. The Morgan fingerprint density at radius 2 is 1.68 bits per heavy atom. The van der Waals surface area contributed by atoms with Gasteiger partial charge in [-0.15, -0.1) is 0 Å². The molecule has 5 nitrogen and oxygen atoms in total. The Labute approximate surface area is 115 Å². The number of nitrogens with zero attached hydrogens (tertiary/aromatic N) is 1. The third-order valence-electron chi connectivity index (χ3n) is 3.90. The van der Waals surface area contributed by atoms with E-state index in [0.717, 1.165) is 25.7 Å². The van der Waals surface area contributed by atoms with Crippen LogP contribution in [-0.2, 0) is 4.79 Å². The van der Waals surface area contributed by atoms with E-state index >= 15 is 0 Å². The van der Waals surface area contributed by atoms with Crippen LogP contribution in [0.3, 0.4) is 0 Å². The minimum absolute atomic E-state index is 0.121. The standard InChI is InChI=1S/C14H26N2O3/c1-10(2)12(13(17)18)15-14(19)16(3)11-8-6-4-5-7-9-11/h10-12H,4-9H2,1-3H3,(H,15,19)(H,17,18)/t12-/m1/s1. The van der Waals surface area contributed by atoms with Gasteiger partial charge in [-0.2, -0.15) is 0 Å². The average Bonchev–Trinajstić information content (AvgIpc) is 2.62. The van der Waals surface area contributed by atoms with Crippen LogP contribution in [0, 0.1) is 5.92 Å². The van der Waals surface area contributed by atoms with Crippen molar-refractivity contribution in [2.45, 2.75) is 64.5 Å². The maximum atomic E-state index is 12.1. The Bertz CT molecular complexity index is 310. The zero-order valence-corrected chi connectivity index (χ0v) is 12.2. The molecule has 110 valence electrons. The Kier molecular flexibility index (Phi) is 6.12. The lowest BCUT2D eigenvalue weighted by Gasteiger charge is -2.29. The fourth-order valence-electron chi connectivity index (χ4n) is 2.56. The number of carboxylic acids is 1. The summed E-state index contributed by atoms with van der Waals surface area (Å²) in [6.07, 6.45) is 6.79. The number of nitrogens with one attached hydrogen (secondary N) is 1. The summed E-state index contributed by atoms with van der Waals surface area (Å²) in [7, 11) is 1.77. The van der Waals surface area contributed by atoms with Gasteiger partial charge in [-0.1, -0.05) is 39.5 Å². The van der Waals surface area contributed by atoms with Crippen LogP contribution in [0.4, 0.5) is 4.79 Å². The number of amides is 2. The minimum Gasteiger partial charge on any atom is -0.480 e. The zero-order valence-electron chi connectivity index (χ0n) is 12.2. The summed E-state index contributed by atoms with van der Waals surface area (Å²) in [6.45, 7) is 3.59. The van der Waals surface area contributed by atoms with Crippen LogP contribution in [-0.4, -0.2) is 41.1 Å². The fraction of sp³-hybridized carbons (Fsp3) is 0.857. The summed E-state index contributed by atoms with van der Waals surface area (Å²) in [4.78, 5) is 24.9. The maximum absolute atomic E-state index is 12.1. The van der Waals surface area contributed by atoms with E-state index in [0.29, 0.717) is 0 Å². The van der Waals surface area contributed by atoms with E-state index < -0.39 is 12.0 Å². The van der Waals surface area contributed by atoms with Crippen LogP contribution < -0.4 is 5.32 Å². The fourth-order valence-corrected chi connectivity index (χ4v) is 2.56. The summed E-state index contributed by atoms with van der Waals surface area (Å²) in [5.74, 6) is -1.10. The summed E-state index contributed by atoms with van der Waals surface area (Å²) in [5.41, 5.74) is 0. The van der Waals surface area contributed by atoms with Crippen LogP contribution in [0.1, 0.15) is 52.4 Å². The first kappa shape index (κ1) is 15.8. The van der Waals surface area contributed by atoms with Crippen molar-refractivity contribution in [2.75, 3.05) is 7.05 Å². The van der Waals surface area contributed by atoms with Gasteiger partial charge >= 0.3 is 12.0 Å². The summed E-state index contributed by atoms with van der Waals surface area (Å²) in [6, 6.07) is -0.849. The van der Waals surface area contributed by atoms with Crippen molar-refractivity contribution >= 4 is 12.0 Å². The molecule has 0 unspecified atom stereocenters. The van der Waals surface area contributed by atoms with E-state index in [4.69, 9.17) is 5.11 Å². The molecule has 1 saturated carbocycles. The van der Waals surface area contributed by atoms with Gasteiger partial charge < -0.3 is 15.3 Å². The second kappa shape index (κ2) is 7.36. The highest BCUT2D eigenvalue weighted by atomic mass is 16.4. The summed E-state index contributed by atoms with van der Waals surface area (Å²) < 4.78 is 0. The van der Waals surface area contributed by atoms with Gasteiger partial charge in [-0.3, -0.25) is 0 Å². The van der Waals surface area contributed by atoms with Gasteiger partial charge in [0.15, 0.2) is 0 Å². The number of urea groups is 1. The van der Waals surface area contributed by atoms with E-state index in [1.165, 1.54) is 12.8 Å². The summed E-state index contributed by atoms with van der Waals surface area (Å²) >= 11 is 0. The van der Waals surface area contributed by atoms with Crippen LogP contribution in [0.25, 0.3) is 0 Å². The van der Waals surface area contributed by atoms with Gasteiger partial charge in [0.05, 0.1) is 0 Å². The predicted octanol–water partition coefficient (Wildman–Crippen LogP) is 2.46. The highest BCUT2D eigenvalue weighted by molar-refractivity contribution is 5.82. The third kappa shape index (κ3) is 4.73. The van der Waals surface area contributed by atoms with Crippen LogP contribution in [0.2, 0.25) is 0 Å². The van der Waals surface area contributed by atoms with Gasteiger partial charge in [0.1, 0.15) is 6.04 Å². The first-order chi connectivity index (χ1) is 8.93. The first-order valence-electron chi connectivity index (χ1n) is 7.19. The molecule has 19 heavy (non-hydrogen) atoms. The van der Waals surface area contributed by atoms with Crippen molar-refractivity contribution in [2.24, 2.45) is 5.92 Å². The molecule has 0 spiro atoms. The monoisotopic (exact) mass is 270 g/mol. The number of carbonyl (C=O) groups excluding carboxylic acids is 1. The average molecular weight is 270 g/mol. The van der Waals surface area contributed by atoms with Crippen molar-refractivity contribution in [3.8, 4) is 0 Å². The molecule has 1 aliphatic carbocycles. The molecular formula is C14H26N2O3. The van der Waals surface area contributed by atoms with Gasteiger partial charge in [0.25, 0.3) is 0 Å². The van der Waals surface area contributed by atoms with Crippen LogP contribution in [0.15, 0.2) is 0 Å². The molecule has 2 N–H and O–H groups in total. The van der Waals surface area contributed by atoms with Crippen LogP contribution >= 0.6 is 0 Å². The molecule has 0 radical (unpaired) electrons. The normalized spacial score (nSPS) is 18.7. The quantitative estimate of drug-likeness (QED) is 0.771. The first-order valence-corrected chi connectivity index (χ1v) is 7.19. The van der Waals surface area contributed by atoms with E-state index in [9.17, 15) is 9.59 Å². The number of carboxylic acid groups (broad SMARTS) is 1. The Balaban J connectivity index is 2.57. The third-order valence-corrected chi connectivity index (χ3v) is 3.90. The van der Waals surface area contributed by atoms with Gasteiger partial charge in [0.2, 0.25) is 0 Å². The maximum Gasteiger partial charge on any atom is 0.326 e. The topological polar surface area (TPSA) is 69.6 Å². The predicted molar refractivity (Wildman–Crippen MR) is 74.0 cm³/mol. The molecule has 5 heteroatoms. The number of hydrogen-bond donors (Lipinski definition) is 2. The van der Waals surface area contributed by atoms with Gasteiger partial charge in [0, 0.05) is 13.1 Å². The van der Waals surface area contributed by atoms with Crippen molar-refractivity contribution < 1.29 is 14.7 Å². The minimum atomic E-state index is -0.974. The second-order valence-electron chi connectivity index (χ2n) is 5.77. The highest BCUT2D eigenvalue weighted by Crippen LogP contribution is 2.21. The van der Waals surface area contributed by atoms with Crippen molar-refractivity contribution in [3.05, 3.63) is 0 Å². The smallest absolute Gasteiger partial charge is 0.326 e. The molecule has 2 amide bonds. The van der Waals surface area contributed by atoms with E-state index in [2.05, 4.69) is 5.32 Å². The molecule has 0 heterocycles. The number of rotatable bonds is 4.